The minimum Gasteiger partial charge on any atom is -0.357 e. The van der Waals surface area contributed by atoms with Crippen molar-refractivity contribution in [2.75, 3.05) is 26.2 Å². The van der Waals surface area contributed by atoms with E-state index in [1.165, 1.54) is 6.92 Å². The highest BCUT2D eigenvalue weighted by atomic mass is 127. The first-order chi connectivity index (χ1) is 11.0. The van der Waals surface area contributed by atoms with Crippen LogP contribution in [-0.4, -0.2) is 38.0 Å². The molecule has 1 amide bonds. The van der Waals surface area contributed by atoms with Crippen LogP contribution in [0, 0.1) is 0 Å². The lowest BCUT2D eigenvalue weighted by Crippen LogP contribution is -2.41. The van der Waals surface area contributed by atoms with Crippen LogP contribution in [0.3, 0.4) is 0 Å². The first kappa shape index (κ1) is 23.3. The molecule has 0 saturated carbocycles. The number of hydrogen-bond acceptors (Lipinski definition) is 2. The van der Waals surface area contributed by atoms with Crippen molar-refractivity contribution in [3.05, 3.63) is 33.8 Å². The highest BCUT2D eigenvalue weighted by molar-refractivity contribution is 14.0. The molecule has 0 aliphatic heterocycles. The van der Waals surface area contributed by atoms with Crippen molar-refractivity contribution in [1.29, 1.82) is 0 Å². The van der Waals surface area contributed by atoms with E-state index < -0.39 is 0 Å². The minimum absolute atomic E-state index is 0. The summed E-state index contributed by atoms with van der Waals surface area (Å²) >= 11 is 12.0. The highest BCUT2D eigenvalue weighted by Gasteiger charge is 2.01. The van der Waals surface area contributed by atoms with E-state index in [-0.39, 0.29) is 29.9 Å². The van der Waals surface area contributed by atoms with Crippen molar-refractivity contribution in [2.24, 2.45) is 4.99 Å². The van der Waals surface area contributed by atoms with Crippen LogP contribution in [0.5, 0.6) is 0 Å². The maximum atomic E-state index is 10.8. The highest BCUT2D eigenvalue weighted by Crippen LogP contribution is 2.21. The summed E-state index contributed by atoms with van der Waals surface area (Å²) in [6.07, 6.45) is 1.74. The SMILES string of the molecule is CCNC(=NCCCc1ccc(Cl)cc1Cl)NCCNC(C)=O.I. The van der Waals surface area contributed by atoms with Gasteiger partial charge in [0.25, 0.3) is 0 Å². The van der Waals surface area contributed by atoms with E-state index >= 15 is 0 Å². The summed E-state index contributed by atoms with van der Waals surface area (Å²) in [5.74, 6) is 0.716. The number of rotatable bonds is 8. The zero-order chi connectivity index (χ0) is 17.1. The molecule has 1 rings (SSSR count). The molecule has 0 bridgehead atoms. The van der Waals surface area contributed by atoms with Gasteiger partial charge in [0.15, 0.2) is 5.96 Å². The summed E-state index contributed by atoms with van der Waals surface area (Å²) in [6.45, 7) is 6.19. The topological polar surface area (TPSA) is 65.5 Å². The molecule has 3 N–H and O–H groups in total. The number of nitrogens with one attached hydrogen (secondary N) is 3. The Labute approximate surface area is 171 Å². The standard InChI is InChI=1S/C16H24Cl2N4O.HI/c1-3-19-16(22-10-9-20-12(2)23)21-8-4-5-13-6-7-14(17)11-15(13)18;/h6-7,11H,3-5,8-10H2,1-2H3,(H,20,23)(H2,19,21,22);1H. The molecule has 0 fully saturated rings. The second-order valence-corrected chi connectivity index (χ2v) is 5.85. The van der Waals surface area contributed by atoms with Gasteiger partial charge in [0.1, 0.15) is 0 Å². The second kappa shape index (κ2) is 13.5. The van der Waals surface area contributed by atoms with Crippen LogP contribution < -0.4 is 16.0 Å². The normalized spacial score (nSPS) is 10.8. The zero-order valence-electron chi connectivity index (χ0n) is 14.0. The van der Waals surface area contributed by atoms with Gasteiger partial charge in [-0.15, -0.1) is 24.0 Å². The van der Waals surface area contributed by atoms with Crippen molar-refractivity contribution in [3.8, 4) is 0 Å². The number of benzene rings is 1. The van der Waals surface area contributed by atoms with Crippen molar-refractivity contribution < 1.29 is 4.79 Å². The number of halogens is 3. The molecule has 0 aliphatic carbocycles. The van der Waals surface area contributed by atoms with Gasteiger partial charge >= 0.3 is 0 Å². The number of amides is 1. The molecule has 136 valence electrons. The zero-order valence-corrected chi connectivity index (χ0v) is 17.8. The smallest absolute Gasteiger partial charge is 0.216 e. The van der Waals surface area contributed by atoms with Crippen molar-refractivity contribution in [2.45, 2.75) is 26.7 Å². The van der Waals surface area contributed by atoms with Gasteiger partial charge in [-0.2, -0.15) is 0 Å². The van der Waals surface area contributed by atoms with Gasteiger partial charge in [-0.1, -0.05) is 29.3 Å². The summed E-state index contributed by atoms with van der Waals surface area (Å²) in [6, 6.07) is 5.56. The predicted octanol–water partition coefficient (Wildman–Crippen LogP) is 3.24. The molecule has 0 saturated heterocycles. The van der Waals surface area contributed by atoms with Crippen LogP contribution >= 0.6 is 47.2 Å². The lowest BCUT2D eigenvalue weighted by Gasteiger charge is -2.11. The number of carbonyl (C=O) groups is 1. The third kappa shape index (κ3) is 10.2. The molecule has 0 unspecified atom stereocenters. The van der Waals surface area contributed by atoms with Crippen molar-refractivity contribution in [3.63, 3.8) is 0 Å². The molecule has 0 heterocycles. The Hall–Kier alpha value is -0.730. The van der Waals surface area contributed by atoms with Crippen LogP contribution in [-0.2, 0) is 11.2 Å². The number of carbonyl (C=O) groups excluding carboxylic acids is 1. The Morgan fingerprint density at radius 2 is 1.88 bits per heavy atom. The van der Waals surface area contributed by atoms with E-state index in [4.69, 9.17) is 23.2 Å². The number of aliphatic imine (C=N–C) groups is 1. The van der Waals surface area contributed by atoms with Gasteiger partial charge < -0.3 is 16.0 Å². The lowest BCUT2D eigenvalue weighted by molar-refractivity contribution is -0.118. The largest absolute Gasteiger partial charge is 0.357 e. The fourth-order valence-electron chi connectivity index (χ4n) is 1.95. The molecule has 0 aliphatic rings. The monoisotopic (exact) mass is 486 g/mol. The summed E-state index contributed by atoms with van der Waals surface area (Å²) in [4.78, 5) is 15.3. The Kier molecular flexibility index (Phi) is 13.1. The second-order valence-electron chi connectivity index (χ2n) is 5.01. The summed E-state index contributed by atoms with van der Waals surface area (Å²) in [7, 11) is 0. The molecule has 0 aromatic heterocycles. The van der Waals surface area contributed by atoms with Gasteiger partial charge in [0.05, 0.1) is 0 Å². The van der Waals surface area contributed by atoms with Crippen LogP contribution in [0.2, 0.25) is 10.0 Å². The summed E-state index contributed by atoms with van der Waals surface area (Å²) in [5.41, 5.74) is 1.08. The molecule has 0 atom stereocenters. The van der Waals surface area contributed by atoms with Crippen LogP contribution in [0.25, 0.3) is 0 Å². The molecule has 5 nitrogen and oxygen atoms in total. The Bertz CT molecular complexity index is 541. The molecular weight excluding hydrogens is 462 g/mol. The Morgan fingerprint density at radius 1 is 1.17 bits per heavy atom. The molecule has 0 radical (unpaired) electrons. The fourth-order valence-corrected chi connectivity index (χ4v) is 2.45. The summed E-state index contributed by atoms with van der Waals surface area (Å²) < 4.78 is 0. The van der Waals surface area contributed by atoms with E-state index in [2.05, 4.69) is 20.9 Å². The van der Waals surface area contributed by atoms with Crippen LogP contribution in [0.15, 0.2) is 23.2 Å². The van der Waals surface area contributed by atoms with Gasteiger partial charge in [-0.05, 0) is 37.5 Å². The van der Waals surface area contributed by atoms with E-state index in [0.717, 1.165) is 30.9 Å². The number of nitrogens with zero attached hydrogens (tertiary/aromatic N) is 1. The van der Waals surface area contributed by atoms with E-state index in [0.29, 0.717) is 29.7 Å². The van der Waals surface area contributed by atoms with Gasteiger partial charge in [0.2, 0.25) is 5.91 Å². The molecule has 24 heavy (non-hydrogen) atoms. The summed E-state index contributed by atoms with van der Waals surface area (Å²) in [5, 5.41) is 10.4. The predicted molar refractivity (Wildman–Crippen MR) is 113 cm³/mol. The van der Waals surface area contributed by atoms with Gasteiger partial charge in [-0.3, -0.25) is 9.79 Å². The Balaban J connectivity index is 0.00000529. The molecular formula is C16H25Cl2IN4O. The molecule has 0 spiro atoms. The van der Waals surface area contributed by atoms with Gasteiger partial charge in [-0.25, -0.2) is 0 Å². The number of aryl methyl sites for hydroxylation is 1. The molecule has 1 aromatic rings. The maximum absolute atomic E-state index is 10.8. The average Bonchev–Trinajstić information content (AvgIpc) is 2.49. The van der Waals surface area contributed by atoms with E-state index in [9.17, 15) is 4.79 Å². The molecule has 1 aromatic carbocycles. The third-order valence-electron chi connectivity index (χ3n) is 3.02. The van der Waals surface area contributed by atoms with Crippen molar-refractivity contribution in [1.82, 2.24) is 16.0 Å². The van der Waals surface area contributed by atoms with E-state index in [1.807, 2.05) is 19.1 Å². The quantitative estimate of drug-likeness (QED) is 0.229. The molecule has 8 heteroatoms. The fraction of sp³-hybridized carbons (Fsp3) is 0.500. The van der Waals surface area contributed by atoms with Crippen LogP contribution in [0.1, 0.15) is 25.8 Å². The first-order valence-electron chi connectivity index (χ1n) is 7.73. The average molecular weight is 487 g/mol. The lowest BCUT2D eigenvalue weighted by atomic mass is 10.1. The number of guanidine groups is 1. The third-order valence-corrected chi connectivity index (χ3v) is 3.61. The van der Waals surface area contributed by atoms with Crippen LogP contribution in [0.4, 0.5) is 0 Å². The Morgan fingerprint density at radius 3 is 2.50 bits per heavy atom. The minimum atomic E-state index is -0.0337. The first-order valence-corrected chi connectivity index (χ1v) is 8.49. The number of hydrogen-bond donors (Lipinski definition) is 3. The maximum Gasteiger partial charge on any atom is 0.216 e. The van der Waals surface area contributed by atoms with Crippen molar-refractivity contribution >= 4 is 59.0 Å². The van der Waals surface area contributed by atoms with Gasteiger partial charge in [0, 0.05) is 43.1 Å². The van der Waals surface area contributed by atoms with E-state index in [1.54, 1.807) is 6.07 Å².